The van der Waals surface area contributed by atoms with Gasteiger partial charge in [0.2, 0.25) is 0 Å². The Labute approximate surface area is 93.9 Å². The molecule has 2 rings (SSSR count). The maximum Gasteiger partial charge on any atom is 0.140 e. The van der Waals surface area contributed by atoms with Crippen LogP contribution in [0.3, 0.4) is 0 Å². The van der Waals surface area contributed by atoms with Crippen LogP contribution in [0.5, 0.6) is 0 Å². The first-order chi connectivity index (χ1) is 7.00. The summed E-state index contributed by atoms with van der Waals surface area (Å²) in [4.78, 5) is 4.50. The van der Waals surface area contributed by atoms with Crippen molar-refractivity contribution in [1.29, 1.82) is 0 Å². The average molecular weight is 224 g/mol. The van der Waals surface area contributed by atoms with Crippen molar-refractivity contribution in [2.45, 2.75) is 26.8 Å². The first-order valence-corrected chi connectivity index (χ1v) is 5.28. The number of hydrogen-bond acceptors (Lipinski definition) is 2. The molecule has 0 fully saturated rings. The van der Waals surface area contributed by atoms with Crippen molar-refractivity contribution in [3.63, 3.8) is 0 Å². The molecule has 4 heteroatoms. The smallest absolute Gasteiger partial charge is 0.140 e. The Morgan fingerprint density at radius 2 is 2.13 bits per heavy atom. The second-order valence-corrected chi connectivity index (χ2v) is 4.34. The molecule has 2 aromatic rings. The molecular weight excluding hydrogens is 210 g/mol. The highest BCUT2D eigenvalue weighted by Crippen LogP contribution is 2.22. The maximum absolute atomic E-state index is 6.02. The summed E-state index contributed by atoms with van der Waals surface area (Å²) in [5.74, 6) is 0. The van der Waals surface area contributed by atoms with Crippen molar-refractivity contribution in [3.8, 4) is 0 Å². The van der Waals surface area contributed by atoms with E-state index < -0.39 is 0 Å². The van der Waals surface area contributed by atoms with Gasteiger partial charge in [-0.05, 0) is 32.4 Å². The summed E-state index contributed by atoms with van der Waals surface area (Å²) in [5, 5.41) is 0.708. The molecule has 0 aromatic carbocycles. The molecule has 0 spiro atoms. The standard InChI is InChI=1S/C11H14ClN3/c1-6-4-9(12)5-15-10(7(2)13)8(3)14-11(6)15/h4-5,7H,13H2,1-3H3. The van der Waals surface area contributed by atoms with Gasteiger partial charge in [-0.15, -0.1) is 0 Å². The predicted octanol–water partition coefficient (Wildman–Crippen LogP) is 2.62. The normalized spacial score (nSPS) is 13.4. The molecule has 2 aromatic heterocycles. The molecule has 0 amide bonds. The van der Waals surface area contributed by atoms with Gasteiger partial charge in [-0.2, -0.15) is 0 Å². The van der Waals surface area contributed by atoms with Crippen LogP contribution in [0.4, 0.5) is 0 Å². The van der Waals surface area contributed by atoms with E-state index in [2.05, 4.69) is 4.98 Å². The van der Waals surface area contributed by atoms with Crippen LogP contribution >= 0.6 is 11.6 Å². The molecule has 3 nitrogen and oxygen atoms in total. The molecule has 1 atom stereocenters. The monoisotopic (exact) mass is 223 g/mol. The van der Waals surface area contributed by atoms with E-state index >= 15 is 0 Å². The number of hydrogen-bond donors (Lipinski definition) is 1. The Morgan fingerprint density at radius 3 is 2.73 bits per heavy atom. The molecule has 0 aliphatic heterocycles. The summed E-state index contributed by atoms with van der Waals surface area (Å²) >= 11 is 6.02. The van der Waals surface area contributed by atoms with Gasteiger partial charge >= 0.3 is 0 Å². The molecule has 80 valence electrons. The van der Waals surface area contributed by atoms with E-state index in [0.717, 1.165) is 22.6 Å². The SMILES string of the molecule is Cc1nc2c(C)cc(Cl)cn2c1C(C)N. The van der Waals surface area contributed by atoms with Crippen LogP contribution in [0.15, 0.2) is 12.3 Å². The van der Waals surface area contributed by atoms with Crippen LogP contribution < -0.4 is 5.73 Å². The van der Waals surface area contributed by atoms with Crippen LogP contribution in [-0.2, 0) is 0 Å². The van der Waals surface area contributed by atoms with Crippen LogP contribution in [0, 0.1) is 13.8 Å². The van der Waals surface area contributed by atoms with Gasteiger partial charge in [0.15, 0.2) is 0 Å². The third kappa shape index (κ3) is 1.62. The molecule has 0 saturated heterocycles. The molecule has 2 heterocycles. The molecular formula is C11H14ClN3. The van der Waals surface area contributed by atoms with E-state index in [4.69, 9.17) is 17.3 Å². The highest BCUT2D eigenvalue weighted by Gasteiger charge is 2.13. The zero-order chi connectivity index (χ0) is 11.2. The molecule has 2 N–H and O–H groups in total. The second kappa shape index (κ2) is 3.51. The molecule has 0 bridgehead atoms. The minimum atomic E-state index is -0.0436. The third-order valence-electron chi connectivity index (χ3n) is 2.52. The van der Waals surface area contributed by atoms with Gasteiger partial charge in [0.25, 0.3) is 0 Å². The fourth-order valence-electron chi connectivity index (χ4n) is 1.95. The number of aryl methyl sites for hydroxylation is 2. The Morgan fingerprint density at radius 1 is 1.47 bits per heavy atom. The number of imidazole rings is 1. The number of nitrogens with zero attached hydrogens (tertiary/aromatic N) is 2. The lowest BCUT2D eigenvalue weighted by atomic mass is 10.2. The van der Waals surface area contributed by atoms with Gasteiger partial charge in [0.05, 0.1) is 16.4 Å². The van der Waals surface area contributed by atoms with Crippen LogP contribution in [0.2, 0.25) is 5.02 Å². The van der Waals surface area contributed by atoms with Crippen molar-refractivity contribution < 1.29 is 0 Å². The van der Waals surface area contributed by atoms with Crippen molar-refractivity contribution in [2.24, 2.45) is 5.73 Å². The summed E-state index contributed by atoms with van der Waals surface area (Å²) < 4.78 is 1.98. The van der Waals surface area contributed by atoms with Crippen LogP contribution in [0.25, 0.3) is 5.65 Å². The zero-order valence-corrected chi connectivity index (χ0v) is 9.84. The fourth-order valence-corrected chi connectivity index (χ4v) is 2.21. The van der Waals surface area contributed by atoms with Gasteiger partial charge in [0.1, 0.15) is 5.65 Å². The summed E-state index contributed by atoms with van der Waals surface area (Å²) in [7, 11) is 0. The third-order valence-corrected chi connectivity index (χ3v) is 2.73. The quantitative estimate of drug-likeness (QED) is 0.808. The fraction of sp³-hybridized carbons (Fsp3) is 0.364. The van der Waals surface area contributed by atoms with Crippen molar-refractivity contribution >= 4 is 17.2 Å². The second-order valence-electron chi connectivity index (χ2n) is 3.91. The highest BCUT2D eigenvalue weighted by molar-refractivity contribution is 6.30. The van der Waals surface area contributed by atoms with Crippen molar-refractivity contribution in [1.82, 2.24) is 9.38 Å². The van der Waals surface area contributed by atoms with Gasteiger partial charge in [0, 0.05) is 12.2 Å². The average Bonchev–Trinajstić information content (AvgIpc) is 2.41. The lowest BCUT2D eigenvalue weighted by molar-refractivity contribution is 0.761. The summed E-state index contributed by atoms with van der Waals surface area (Å²) in [6.45, 7) is 5.92. The molecule has 15 heavy (non-hydrogen) atoms. The number of fused-ring (bicyclic) bond motifs is 1. The number of nitrogens with two attached hydrogens (primary N) is 1. The van der Waals surface area contributed by atoms with Gasteiger partial charge in [-0.1, -0.05) is 11.6 Å². The van der Waals surface area contributed by atoms with Crippen LogP contribution in [0.1, 0.15) is 29.9 Å². The molecule has 0 radical (unpaired) electrons. The van der Waals surface area contributed by atoms with Gasteiger partial charge in [-0.3, -0.25) is 0 Å². The summed E-state index contributed by atoms with van der Waals surface area (Å²) in [5.41, 5.74) is 9.91. The Bertz CT molecular complexity index is 514. The van der Waals surface area contributed by atoms with Gasteiger partial charge < -0.3 is 10.1 Å². The molecule has 1 unspecified atom stereocenters. The van der Waals surface area contributed by atoms with E-state index in [0.29, 0.717) is 5.02 Å². The van der Waals surface area contributed by atoms with Crippen LogP contribution in [-0.4, -0.2) is 9.38 Å². The molecule has 0 aliphatic rings. The minimum Gasteiger partial charge on any atom is -0.323 e. The largest absolute Gasteiger partial charge is 0.323 e. The number of aromatic nitrogens is 2. The van der Waals surface area contributed by atoms with Crippen molar-refractivity contribution in [2.75, 3.05) is 0 Å². The molecule has 0 saturated carbocycles. The first kappa shape index (κ1) is 10.5. The van der Waals surface area contributed by atoms with E-state index in [1.54, 1.807) is 0 Å². The van der Waals surface area contributed by atoms with E-state index in [-0.39, 0.29) is 6.04 Å². The minimum absolute atomic E-state index is 0.0436. The van der Waals surface area contributed by atoms with Crippen molar-refractivity contribution in [3.05, 3.63) is 34.2 Å². The van der Waals surface area contributed by atoms with E-state index in [9.17, 15) is 0 Å². The lowest BCUT2D eigenvalue weighted by Gasteiger charge is -2.07. The predicted molar refractivity (Wildman–Crippen MR) is 62.3 cm³/mol. The highest BCUT2D eigenvalue weighted by atomic mass is 35.5. The topological polar surface area (TPSA) is 43.3 Å². The molecule has 0 aliphatic carbocycles. The first-order valence-electron chi connectivity index (χ1n) is 4.91. The summed E-state index contributed by atoms with van der Waals surface area (Å²) in [6.07, 6.45) is 1.86. The Balaban J connectivity index is 2.86. The Kier molecular flexibility index (Phi) is 2.44. The van der Waals surface area contributed by atoms with Gasteiger partial charge in [-0.25, -0.2) is 4.98 Å². The Hall–Kier alpha value is -1.06. The number of halogens is 1. The maximum atomic E-state index is 6.02. The number of rotatable bonds is 1. The lowest BCUT2D eigenvalue weighted by Crippen LogP contribution is -2.09. The number of pyridine rings is 1. The van der Waals surface area contributed by atoms with E-state index in [1.807, 2.05) is 37.4 Å². The summed E-state index contributed by atoms with van der Waals surface area (Å²) in [6, 6.07) is 1.87. The zero-order valence-electron chi connectivity index (χ0n) is 9.08. The van der Waals surface area contributed by atoms with E-state index in [1.165, 1.54) is 0 Å².